The van der Waals surface area contributed by atoms with Gasteiger partial charge < -0.3 is 10.8 Å². The van der Waals surface area contributed by atoms with E-state index in [1.54, 1.807) is 0 Å². The molecule has 1 aliphatic rings. The Morgan fingerprint density at radius 1 is 1.50 bits per heavy atom. The van der Waals surface area contributed by atoms with Gasteiger partial charge in [0.2, 0.25) is 0 Å². The van der Waals surface area contributed by atoms with Gasteiger partial charge in [0.1, 0.15) is 0 Å². The van der Waals surface area contributed by atoms with Crippen LogP contribution in [0.5, 0.6) is 0 Å². The highest BCUT2D eigenvalue weighted by Crippen LogP contribution is 2.48. The molecule has 0 aromatic heterocycles. The van der Waals surface area contributed by atoms with Crippen molar-refractivity contribution in [2.24, 2.45) is 23.0 Å². The highest BCUT2D eigenvalue weighted by Gasteiger charge is 2.43. The molecule has 1 fully saturated rings. The van der Waals surface area contributed by atoms with Gasteiger partial charge in [-0.25, -0.2) is 0 Å². The predicted molar refractivity (Wildman–Crippen MR) is 50.8 cm³/mol. The monoisotopic (exact) mass is 171 g/mol. The van der Waals surface area contributed by atoms with Crippen LogP contribution in [0.3, 0.4) is 0 Å². The summed E-state index contributed by atoms with van der Waals surface area (Å²) in [7, 11) is 0. The third-order valence-corrected chi connectivity index (χ3v) is 2.98. The van der Waals surface area contributed by atoms with Gasteiger partial charge in [0.15, 0.2) is 0 Å². The van der Waals surface area contributed by atoms with Gasteiger partial charge in [-0.3, -0.25) is 0 Å². The molecule has 1 aliphatic carbocycles. The molecule has 1 rings (SSSR count). The first-order chi connectivity index (χ1) is 5.64. The molecule has 3 N–H and O–H groups in total. The molecule has 0 saturated heterocycles. The van der Waals surface area contributed by atoms with Crippen LogP contribution in [-0.2, 0) is 0 Å². The van der Waals surface area contributed by atoms with Crippen LogP contribution in [0.4, 0.5) is 0 Å². The standard InChI is InChI=1S/C10H21NO/c1-8(2)5-10(6-11,7-12)9-3-4-9/h8-9,12H,3-7,11H2,1-2H3. The molecule has 1 atom stereocenters. The summed E-state index contributed by atoms with van der Waals surface area (Å²) >= 11 is 0. The summed E-state index contributed by atoms with van der Waals surface area (Å²) in [5.74, 6) is 1.34. The van der Waals surface area contributed by atoms with Crippen molar-refractivity contribution in [2.45, 2.75) is 33.1 Å². The summed E-state index contributed by atoms with van der Waals surface area (Å²) in [6, 6.07) is 0. The van der Waals surface area contributed by atoms with Gasteiger partial charge >= 0.3 is 0 Å². The lowest BCUT2D eigenvalue weighted by atomic mass is 9.76. The first-order valence-electron chi connectivity index (χ1n) is 4.95. The van der Waals surface area contributed by atoms with Crippen LogP contribution in [0.1, 0.15) is 33.1 Å². The SMILES string of the molecule is CC(C)CC(CN)(CO)C1CC1. The van der Waals surface area contributed by atoms with Crippen LogP contribution < -0.4 is 5.73 Å². The van der Waals surface area contributed by atoms with Crippen LogP contribution in [-0.4, -0.2) is 18.3 Å². The molecule has 0 spiro atoms. The van der Waals surface area contributed by atoms with E-state index >= 15 is 0 Å². The zero-order valence-corrected chi connectivity index (χ0v) is 8.21. The summed E-state index contributed by atoms with van der Waals surface area (Å²) in [5.41, 5.74) is 5.80. The van der Waals surface area contributed by atoms with E-state index in [1.165, 1.54) is 12.8 Å². The highest BCUT2D eigenvalue weighted by atomic mass is 16.3. The zero-order valence-electron chi connectivity index (χ0n) is 8.21. The molecule has 1 saturated carbocycles. The average Bonchev–Trinajstić information content (AvgIpc) is 2.82. The summed E-state index contributed by atoms with van der Waals surface area (Å²) < 4.78 is 0. The minimum absolute atomic E-state index is 0.0498. The van der Waals surface area contributed by atoms with Crippen molar-refractivity contribution in [3.05, 3.63) is 0 Å². The first-order valence-corrected chi connectivity index (χ1v) is 4.95. The van der Waals surface area contributed by atoms with Crippen LogP contribution in [0.15, 0.2) is 0 Å². The van der Waals surface area contributed by atoms with E-state index in [-0.39, 0.29) is 12.0 Å². The second kappa shape index (κ2) is 3.75. The smallest absolute Gasteiger partial charge is 0.0502 e. The largest absolute Gasteiger partial charge is 0.396 e. The molecule has 0 aliphatic heterocycles. The Kier molecular flexibility index (Phi) is 3.13. The van der Waals surface area contributed by atoms with Gasteiger partial charge in [0.25, 0.3) is 0 Å². The maximum atomic E-state index is 9.36. The molecular formula is C10H21NO. The molecule has 2 nitrogen and oxygen atoms in total. The average molecular weight is 171 g/mol. The lowest BCUT2D eigenvalue weighted by Crippen LogP contribution is -2.37. The van der Waals surface area contributed by atoms with Gasteiger partial charge in [-0.1, -0.05) is 13.8 Å². The van der Waals surface area contributed by atoms with Crippen LogP contribution in [0, 0.1) is 17.3 Å². The summed E-state index contributed by atoms with van der Waals surface area (Å²) in [6.07, 6.45) is 3.61. The molecule has 0 bridgehead atoms. The van der Waals surface area contributed by atoms with E-state index in [9.17, 15) is 5.11 Å². The van der Waals surface area contributed by atoms with Crippen molar-refractivity contribution in [3.8, 4) is 0 Å². The van der Waals surface area contributed by atoms with Crippen molar-refractivity contribution < 1.29 is 5.11 Å². The van der Waals surface area contributed by atoms with E-state index in [0.29, 0.717) is 18.4 Å². The Labute approximate surface area is 75.2 Å². The van der Waals surface area contributed by atoms with Crippen molar-refractivity contribution in [3.63, 3.8) is 0 Å². The topological polar surface area (TPSA) is 46.2 Å². The lowest BCUT2D eigenvalue weighted by molar-refractivity contribution is 0.0858. The Morgan fingerprint density at radius 3 is 2.33 bits per heavy atom. The molecule has 2 heteroatoms. The summed E-state index contributed by atoms with van der Waals surface area (Å²) in [4.78, 5) is 0. The molecule has 0 heterocycles. The van der Waals surface area contributed by atoms with Crippen LogP contribution in [0.25, 0.3) is 0 Å². The number of aliphatic hydroxyl groups excluding tert-OH is 1. The quantitative estimate of drug-likeness (QED) is 0.656. The minimum Gasteiger partial charge on any atom is -0.396 e. The van der Waals surface area contributed by atoms with E-state index in [0.717, 1.165) is 6.42 Å². The fourth-order valence-corrected chi connectivity index (χ4v) is 2.18. The second-order valence-electron chi connectivity index (χ2n) is 4.60. The van der Waals surface area contributed by atoms with E-state index in [2.05, 4.69) is 13.8 Å². The Balaban J connectivity index is 2.55. The Hall–Kier alpha value is -0.0800. The molecular weight excluding hydrogens is 150 g/mol. The van der Waals surface area contributed by atoms with Crippen molar-refractivity contribution in [1.82, 2.24) is 0 Å². The fraction of sp³-hybridized carbons (Fsp3) is 1.00. The number of hydrogen-bond acceptors (Lipinski definition) is 2. The molecule has 72 valence electrons. The number of rotatable bonds is 5. The number of hydrogen-bond donors (Lipinski definition) is 2. The van der Waals surface area contributed by atoms with Crippen LogP contribution >= 0.6 is 0 Å². The predicted octanol–water partition coefficient (Wildman–Crippen LogP) is 1.38. The first kappa shape index (κ1) is 10.0. The van der Waals surface area contributed by atoms with Crippen LogP contribution in [0.2, 0.25) is 0 Å². The van der Waals surface area contributed by atoms with Gasteiger partial charge in [0.05, 0.1) is 6.61 Å². The molecule has 0 amide bonds. The van der Waals surface area contributed by atoms with Gasteiger partial charge in [-0.15, -0.1) is 0 Å². The van der Waals surface area contributed by atoms with E-state index in [4.69, 9.17) is 5.73 Å². The Morgan fingerprint density at radius 2 is 2.08 bits per heavy atom. The highest BCUT2D eigenvalue weighted by molar-refractivity contribution is 4.94. The normalized spacial score (nSPS) is 22.8. The Bertz CT molecular complexity index is 137. The molecule has 12 heavy (non-hydrogen) atoms. The molecule has 0 aromatic rings. The maximum Gasteiger partial charge on any atom is 0.0502 e. The van der Waals surface area contributed by atoms with Crippen molar-refractivity contribution >= 4 is 0 Å². The summed E-state index contributed by atoms with van der Waals surface area (Å²) in [5, 5.41) is 9.36. The van der Waals surface area contributed by atoms with Gasteiger partial charge in [-0.2, -0.15) is 0 Å². The zero-order chi connectivity index (χ0) is 9.19. The van der Waals surface area contributed by atoms with E-state index in [1.807, 2.05) is 0 Å². The molecule has 0 radical (unpaired) electrons. The van der Waals surface area contributed by atoms with Gasteiger partial charge in [0, 0.05) is 12.0 Å². The van der Waals surface area contributed by atoms with Crippen molar-refractivity contribution in [2.75, 3.05) is 13.2 Å². The third-order valence-electron chi connectivity index (χ3n) is 2.98. The summed E-state index contributed by atoms with van der Waals surface area (Å²) in [6.45, 7) is 5.31. The molecule has 0 aromatic carbocycles. The third kappa shape index (κ3) is 1.99. The van der Waals surface area contributed by atoms with Crippen molar-refractivity contribution in [1.29, 1.82) is 0 Å². The lowest BCUT2D eigenvalue weighted by Gasteiger charge is -2.32. The number of nitrogens with two attached hydrogens (primary N) is 1. The molecule has 1 unspecified atom stereocenters. The number of aliphatic hydroxyl groups is 1. The second-order valence-corrected chi connectivity index (χ2v) is 4.60. The van der Waals surface area contributed by atoms with Gasteiger partial charge in [-0.05, 0) is 31.1 Å². The minimum atomic E-state index is 0.0498. The fourth-order valence-electron chi connectivity index (χ4n) is 2.18. The maximum absolute atomic E-state index is 9.36. The van der Waals surface area contributed by atoms with E-state index < -0.39 is 0 Å².